The van der Waals surface area contributed by atoms with Gasteiger partial charge in [0.2, 0.25) is 0 Å². The number of rotatable bonds is 3. The zero-order valence-electron chi connectivity index (χ0n) is 11.6. The lowest BCUT2D eigenvalue weighted by Crippen LogP contribution is -2.50. The van der Waals surface area contributed by atoms with Crippen LogP contribution in [-0.4, -0.2) is 39.9 Å². The summed E-state index contributed by atoms with van der Waals surface area (Å²) in [6.45, 7) is 1.01. The van der Waals surface area contributed by atoms with E-state index < -0.39 is 5.82 Å². The van der Waals surface area contributed by atoms with Crippen LogP contribution in [0.1, 0.15) is 23.2 Å². The lowest BCUT2D eigenvalue weighted by molar-refractivity contribution is 0.0714. The van der Waals surface area contributed by atoms with Crippen LogP contribution in [0.2, 0.25) is 5.02 Å². The third-order valence-corrected chi connectivity index (χ3v) is 6.02. The van der Waals surface area contributed by atoms with Gasteiger partial charge in [0.1, 0.15) is 5.82 Å². The molecule has 0 radical (unpaired) electrons. The molecule has 0 aliphatic carbocycles. The van der Waals surface area contributed by atoms with Crippen molar-refractivity contribution in [3.8, 4) is 0 Å². The predicted molar refractivity (Wildman–Crippen MR) is 89.6 cm³/mol. The van der Waals surface area contributed by atoms with Crippen LogP contribution in [0.4, 0.5) is 4.39 Å². The summed E-state index contributed by atoms with van der Waals surface area (Å²) in [4.78, 5) is 14.5. The Morgan fingerprint density at radius 3 is 2.62 bits per heavy atom. The summed E-state index contributed by atoms with van der Waals surface area (Å²) in [7, 11) is 0. The SMILES string of the molecule is CSC1(C(N)=S)CCN(C(=O)c2cc(Cl)ccc2F)CC1. The van der Waals surface area contributed by atoms with Crippen molar-refractivity contribution in [2.24, 2.45) is 5.73 Å². The van der Waals surface area contributed by atoms with E-state index in [0.717, 1.165) is 0 Å². The topological polar surface area (TPSA) is 46.3 Å². The van der Waals surface area contributed by atoms with Crippen LogP contribution in [-0.2, 0) is 0 Å². The Balaban J connectivity index is 2.13. The summed E-state index contributed by atoms with van der Waals surface area (Å²) < 4.78 is 13.5. The Bertz CT molecular complexity index is 574. The molecule has 1 amide bonds. The van der Waals surface area contributed by atoms with Gasteiger partial charge in [-0.3, -0.25) is 4.79 Å². The summed E-state index contributed by atoms with van der Waals surface area (Å²) in [5, 5.41) is 0.346. The molecule has 1 saturated heterocycles. The maximum absolute atomic E-state index is 13.8. The number of piperidine rings is 1. The van der Waals surface area contributed by atoms with E-state index in [1.165, 1.54) is 18.2 Å². The first kappa shape index (κ1) is 16.5. The van der Waals surface area contributed by atoms with Crippen molar-refractivity contribution in [2.75, 3.05) is 19.3 Å². The number of nitrogens with two attached hydrogens (primary N) is 1. The zero-order valence-corrected chi connectivity index (χ0v) is 14.0. The van der Waals surface area contributed by atoms with Gasteiger partial charge in [-0.1, -0.05) is 23.8 Å². The summed E-state index contributed by atoms with van der Waals surface area (Å²) >= 11 is 12.6. The second-order valence-electron chi connectivity index (χ2n) is 4.98. The monoisotopic (exact) mass is 346 g/mol. The fraction of sp³-hybridized carbons (Fsp3) is 0.429. The molecule has 0 spiro atoms. The third-order valence-electron chi connectivity index (χ3n) is 3.86. The number of halogens is 2. The van der Waals surface area contributed by atoms with Crippen LogP contribution >= 0.6 is 35.6 Å². The fourth-order valence-corrected chi connectivity index (χ4v) is 3.87. The summed E-state index contributed by atoms with van der Waals surface area (Å²) in [5.41, 5.74) is 5.83. The summed E-state index contributed by atoms with van der Waals surface area (Å²) in [6.07, 6.45) is 3.32. The first-order valence-corrected chi connectivity index (χ1v) is 8.50. The van der Waals surface area contributed by atoms with E-state index in [9.17, 15) is 9.18 Å². The minimum absolute atomic E-state index is 0.00877. The van der Waals surface area contributed by atoms with Crippen LogP contribution in [0.25, 0.3) is 0 Å². The number of nitrogens with zero attached hydrogens (tertiary/aromatic N) is 1. The minimum Gasteiger partial charge on any atom is -0.392 e. The highest BCUT2D eigenvalue weighted by atomic mass is 35.5. The van der Waals surface area contributed by atoms with E-state index in [0.29, 0.717) is 35.9 Å². The van der Waals surface area contributed by atoms with Crippen molar-refractivity contribution < 1.29 is 9.18 Å². The molecule has 0 bridgehead atoms. The van der Waals surface area contributed by atoms with Gasteiger partial charge in [-0.2, -0.15) is 11.8 Å². The van der Waals surface area contributed by atoms with E-state index in [1.807, 2.05) is 6.26 Å². The molecule has 1 fully saturated rings. The van der Waals surface area contributed by atoms with Gasteiger partial charge < -0.3 is 10.6 Å². The highest BCUT2D eigenvalue weighted by molar-refractivity contribution is 8.02. The van der Waals surface area contributed by atoms with Crippen molar-refractivity contribution in [3.05, 3.63) is 34.6 Å². The number of carbonyl (C=O) groups excluding carboxylic acids is 1. The van der Waals surface area contributed by atoms with Crippen molar-refractivity contribution in [1.29, 1.82) is 0 Å². The van der Waals surface area contributed by atoms with E-state index in [1.54, 1.807) is 16.7 Å². The fourth-order valence-electron chi connectivity index (χ4n) is 2.45. The largest absolute Gasteiger partial charge is 0.392 e. The van der Waals surface area contributed by atoms with Crippen molar-refractivity contribution in [3.63, 3.8) is 0 Å². The third kappa shape index (κ3) is 3.33. The molecule has 1 aliphatic heterocycles. The summed E-state index contributed by atoms with van der Waals surface area (Å²) in [5.74, 6) is -0.895. The van der Waals surface area contributed by atoms with Crippen LogP contribution in [0.15, 0.2) is 18.2 Å². The molecule has 2 rings (SSSR count). The highest BCUT2D eigenvalue weighted by Gasteiger charge is 2.38. The molecule has 21 heavy (non-hydrogen) atoms. The number of likely N-dealkylation sites (tertiary alicyclic amines) is 1. The number of benzene rings is 1. The molecule has 1 heterocycles. The van der Waals surface area contributed by atoms with Gasteiger partial charge in [-0.25, -0.2) is 4.39 Å². The smallest absolute Gasteiger partial charge is 0.256 e. The first-order valence-electron chi connectivity index (χ1n) is 6.49. The second-order valence-corrected chi connectivity index (χ2v) is 7.05. The minimum atomic E-state index is -0.555. The Kier molecular flexibility index (Phi) is 5.11. The standard InChI is InChI=1S/C14H16ClFN2OS2/c1-21-14(13(17)20)4-6-18(7-5-14)12(19)10-8-9(15)2-3-11(10)16/h2-3,8H,4-7H2,1H3,(H2,17,20). The molecular formula is C14H16ClFN2OS2. The van der Waals surface area contributed by atoms with Gasteiger partial charge in [-0.05, 0) is 37.3 Å². The molecule has 0 unspecified atom stereocenters. The number of carbonyl (C=O) groups is 1. The Labute approximate surface area is 138 Å². The summed E-state index contributed by atoms with van der Waals surface area (Å²) in [6, 6.07) is 4.00. The average Bonchev–Trinajstić information content (AvgIpc) is 2.49. The van der Waals surface area contributed by atoms with Crippen LogP contribution in [0.3, 0.4) is 0 Å². The Morgan fingerprint density at radius 2 is 2.10 bits per heavy atom. The molecule has 0 aromatic heterocycles. The number of hydrogen-bond donors (Lipinski definition) is 1. The molecule has 7 heteroatoms. The van der Waals surface area contributed by atoms with Gasteiger partial charge in [0.25, 0.3) is 5.91 Å². The van der Waals surface area contributed by atoms with Crippen LogP contribution in [0, 0.1) is 5.82 Å². The van der Waals surface area contributed by atoms with Gasteiger partial charge in [0, 0.05) is 18.1 Å². The quantitative estimate of drug-likeness (QED) is 0.854. The first-order chi connectivity index (χ1) is 9.89. The van der Waals surface area contributed by atoms with Gasteiger partial charge in [0.15, 0.2) is 0 Å². The number of hydrogen-bond acceptors (Lipinski definition) is 3. The van der Waals surface area contributed by atoms with Crippen LogP contribution in [0.5, 0.6) is 0 Å². The molecule has 1 aliphatic rings. The maximum Gasteiger partial charge on any atom is 0.256 e. The molecule has 3 nitrogen and oxygen atoms in total. The molecule has 0 atom stereocenters. The normalized spacial score (nSPS) is 17.6. The highest BCUT2D eigenvalue weighted by Crippen LogP contribution is 2.35. The lowest BCUT2D eigenvalue weighted by Gasteiger charge is -2.40. The van der Waals surface area contributed by atoms with Gasteiger partial charge in [-0.15, -0.1) is 0 Å². The van der Waals surface area contributed by atoms with E-state index in [4.69, 9.17) is 29.6 Å². The molecule has 0 saturated carbocycles. The maximum atomic E-state index is 13.8. The number of thiocarbonyl (C=S) groups is 1. The predicted octanol–water partition coefficient (Wildman–Crippen LogP) is 3.10. The Hall–Kier alpha value is -0.850. The van der Waals surface area contributed by atoms with Crippen LogP contribution < -0.4 is 5.73 Å². The molecule has 2 N–H and O–H groups in total. The number of amides is 1. The van der Waals surface area contributed by atoms with Crippen molar-refractivity contribution in [1.82, 2.24) is 4.90 Å². The molecule has 114 valence electrons. The van der Waals surface area contributed by atoms with E-state index >= 15 is 0 Å². The lowest BCUT2D eigenvalue weighted by atomic mass is 9.95. The Morgan fingerprint density at radius 1 is 1.48 bits per heavy atom. The molecule has 1 aromatic rings. The van der Waals surface area contributed by atoms with Crippen molar-refractivity contribution >= 4 is 46.5 Å². The average molecular weight is 347 g/mol. The van der Waals surface area contributed by atoms with Crippen molar-refractivity contribution in [2.45, 2.75) is 17.6 Å². The zero-order chi connectivity index (χ0) is 15.6. The van der Waals surface area contributed by atoms with Gasteiger partial charge >= 0.3 is 0 Å². The van der Waals surface area contributed by atoms with E-state index in [2.05, 4.69) is 0 Å². The van der Waals surface area contributed by atoms with Gasteiger partial charge in [0.05, 0.1) is 15.3 Å². The number of thioether (sulfide) groups is 1. The second kappa shape index (κ2) is 6.50. The molecule has 1 aromatic carbocycles. The van der Waals surface area contributed by atoms with E-state index in [-0.39, 0.29) is 16.2 Å². The molecular weight excluding hydrogens is 331 g/mol.